The number of hydrogen-bond donors (Lipinski definition) is 1. The predicted octanol–water partition coefficient (Wildman–Crippen LogP) is 2.14. The van der Waals surface area contributed by atoms with Crippen LogP contribution in [0.4, 0.5) is 0 Å². The van der Waals surface area contributed by atoms with Crippen molar-refractivity contribution in [2.45, 2.75) is 44.2 Å². The largest absolute Gasteiger partial charge is 0.493 e. The highest BCUT2D eigenvalue weighted by atomic mass is 16.5. The van der Waals surface area contributed by atoms with Gasteiger partial charge in [0.15, 0.2) is 0 Å². The van der Waals surface area contributed by atoms with E-state index < -0.39 is 0 Å². The minimum absolute atomic E-state index is 0.0321. The van der Waals surface area contributed by atoms with Gasteiger partial charge in [0, 0.05) is 36.4 Å². The van der Waals surface area contributed by atoms with Gasteiger partial charge in [-0.15, -0.1) is 0 Å². The molecule has 0 aliphatic carbocycles. The zero-order valence-corrected chi connectivity index (χ0v) is 16.0. The first kappa shape index (κ1) is 18.4. The highest BCUT2D eigenvalue weighted by molar-refractivity contribution is 5.90. The van der Waals surface area contributed by atoms with E-state index in [1.54, 1.807) is 12.1 Å². The van der Waals surface area contributed by atoms with Crippen LogP contribution in [0.5, 0.6) is 5.75 Å². The van der Waals surface area contributed by atoms with Crippen LogP contribution >= 0.6 is 0 Å². The van der Waals surface area contributed by atoms with Crippen molar-refractivity contribution in [2.75, 3.05) is 26.9 Å². The molecule has 4 atom stereocenters. The lowest BCUT2D eigenvalue weighted by molar-refractivity contribution is -0.127. The van der Waals surface area contributed by atoms with Gasteiger partial charge >= 0.3 is 5.97 Å². The summed E-state index contributed by atoms with van der Waals surface area (Å²) in [4.78, 5) is 24.6. The fourth-order valence-electron chi connectivity index (χ4n) is 4.46. The Kier molecular flexibility index (Phi) is 4.95. The average Bonchev–Trinajstić information content (AvgIpc) is 3.38. The standard InChI is InChI=1S/C21H27NO5/c1-13-11-27-18-8-15(20(24)25-2)6-5-14(18)9-19-21(13,22-19)10-17(23)16-4-3-7-26-12-16/h5-6,8,13,16,19,22H,3-4,7,9-12H2,1-2H3/t13-,16-,19?,21?/m0/s1. The molecule has 1 aromatic rings. The van der Waals surface area contributed by atoms with Crippen molar-refractivity contribution in [3.05, 3.63) is 29.3 Å². The molecule has 0 aromatic heterocycles. The van der Waals surface area contributed by atoms with E-state index in [1.807, 2.05) is 6.07 Å². The summed E-state index contributed by atoms with van der Waals surface area (Å²) in [6, 6.07) is 5.72. The molecular weight excluding hydrogens is 346 g/mol. The second-order valence-electron chi connectivity index (χ2n) is 8.02. The van der Waals surface area contributed by atoms with Crippen molar-refractivity contribution in [3.63, 3.8) is 0 Å². The molecule has 0 bridgehead atoms. The number of esters is 1. The minimum Gasteiger partial charge on any atom is -0.493 e. The van der Waals surface area contributed by atoms with Gasteiger partial charge in [-0.3, -0.25) is 4.79 Å². The highest BCUT2D eigenvalue weighted by Gasteiger charge is 2.58. The first-order valence-electron chi connectivity index (χ1n) is 9.75. The van der Waals surface area contributed by atoms with Gasteiger partial charge in [0.2, 0.25) is 0 Å². The van der Waals surface area contributed by atoms with Crippen molar-refractivity contribution >= 4 is 11.8 Å². The molecule has 4 rings (SSSR count). The first-order valence-corrected chi connectivity index (χ1v) is 9.75. The van der Waals surface area contributed by atoms with Crippen molar-refractivity contribution in [2.24, 2.45) is 11.8 Å². The summed E-state index contributed by atoms with van der Waals surface area (Å²) in [5.74, 6) is 0.906. The summed E-state index contributed by atoms with van der Waals surface area (Å²) in [6.07, 6.45) is 3.22. The summed E-state index contributed by atoms with van der Waals surface area (Å²) in [5, 5.41) is 3.60. The van der Waals surface area contributed by atoms with Crippen LogP contribution in [0.3, 0.4) is 0 Å². The normalized spacial score (nSPS) is 32.1. The molecular formula is C21H27NO5. The molecule has 1 aromatic carbocycles. The van der Waals surface area contributed by atoms with Crippen LogP contribution in [0.2, 0.25) is 0 Å². The summed E-state index contributed by atoms with van der Waals surface area (Å²) in [5.41, 5.74) is 1.36. The van der Waals surface area contributed by atoms with Crippen molar-refractivity contribution < 1.29 is 23.8 Å². The smallest absolute Gasteiger partial charge is 0.337 e. The van der Waals surface area contributed by atoms with E-state index in [1.165, 1.54) is 7.11 Å². The van der Waals surface area contributed by atoms with Gasteiger partial charge in [-0.25, -0.2) is 4.79 Å². The van der Waals surface area contributed by atoms with Gasteiger partial charge in [0.25, 0.3) is 0 Å². The number of ether oxygens (including phenoxy) is 3. The topological polar surface area (TPSA) is 83.8 Å². The number of rotatable bonds is 4. The van der Waals surface area contributed by atoms with E-state index in [4.69, 9.17) is 14.2 Å². The second kappa shape index (κ2) is 7.24. The van der Waals surface area contributed by atoms with Crippen molar-refractivity contribution in [3.8, 4) is 5.75 Å². The Labute approximate surface area is 159 Å². The Balaban J connectivity index is 1.50. The zero-order chi connectivity index (χ0) is 19.0. The fourth-order valence-corrected chi connectivity index (χ4v) is 4.46. The number of carbonyl (C=O) groups excluding carboxylic acids is 2. The van der Waals surface area contributed by atoms with Crippen LogP contribution in [0.25, 0.3) is 0 Å². The van der Waals surface area contributed by atoms with Crippen LogP contribution in [-0.4, -0.2) is 50.3 Å². The molecule has 146 valence electrons. The molecule has 2 saturated heterocycles. The summed E-state index contributed by atoms with van der Waals surface area (Å²) in [7, 11) is 1.37. The molecule has 0 saturated carbocycles. The molecule has 0 radical (unpaired) electrons. The van der Waals surface area contributed by atoms with Gasteiger partial charge in [-0.2, -0.15) is 0 Å². The molecule has 0 spiro atoms. The number of fused-ring (bicyclic) bond motifs is 2. The van der Waals surface area contributed by atoms with E-state index in [-0.39, 0.29) is 29.4 Å². The molecule has 1 N–H and O–H groups in total. The van der Waals surface area contributed by atoms with Gasteiger partial charge in [0.1, 0.15) is 11.5 Å². The number of nitrogens with one attached hydrogen (secondary N) is 1. The molecule has 27 heavy (non-hydrogen) atoms. The lowest BCUT2D eigenvalue weighted by Gasteiger charge is -2.28. The van der Waals surface area contributed by atoms with E-state index >= 15 is 0 Å². The molecule has 6 heteroatoms. The van der Waals surface area contributed by atoms with Crippen molar-refractivity contribution in [1.82, 2.24) is 5.32 Å². The Morgan fingerprint density at radius 1 is 1.33 bits per heavy atom. The SMILES string of the molecule is COC(=O)c1ccc2c(c1)OC[C@H](C)C1(CC(=O)[C@H]3CCCOC3)NC1C2. The van der Waals surface area contributed by atoms with Gasteiger partial charge in [0.05, 0.1) is 25.9 Å². The third kappa shape index (κ3) is 3.48. The summed E-state index contributed by atoms with van der Waals surface area (Å²) in [6.45, 7) is 3.97. The van der Waals surface area contributed by atoms with Gasteiger partial charge < -0.3 is 19.5 Å². The monoisotopic (exact) mass is 373 g/mol. The first-order chi connectivity index (χ1) is 13.0. The Morgan fingerprint density at radius 3 is 2.93 bits per heavy atom. The van der Waals surface area contributed by atoms with Crippen molar-refractivity contribution in [1.29, 1.82) is 0 Å². The summed E-state index contributed by atoms with van der Waals surface area (Å²) < 4.78 is 16.3. The maximum atomic E-state index is 12.8. The molecule has 6 nitrogen and oxygen atoms in total. The third-order valence-electron chi connectivity index (χ3n) is 6.34. The quantitative estimate of drug-likeness (QED) is 0.643. The molecule has 3 aliphatic rings. The summed E-state index contributed by atoms with van der Waals surface area (Å²) >= 11 is 0. The van der Waals surface area contributed by atoms with E-state index in [0.717, 1.165) is 37.2 Å². The number of carbonyl (C=O) groups is 2. The molecule has 0 amide bonds. The van der Waals surface area contributed by atoms with E-state index in [9.17, 15) is 9.59 Å². The van der Waals surface area contributed by atoms with Crippen LogP contribution in [0.1, 0.15) is 42.1 Å². The fraction of sp³-hybridized carbons (Fsp3) is 0.619. The number of Topliss-reactive ketones (excluding diaryl/α,β-unsaturated/α-hetero) is 1. The van der Waals surface area contributed by atoms with Crippen LogP contribution in [-0.2, 0) is 20.7 Å². The maximum absolute atomic E-state index is 12.8. The Bertz CT molecular complexity index is 742. The van der Waals surface area contributed by atoms with Gasteiger partial charge in [-0.05, 0) is 37.0 Å². The van der Waals surface area contributed by atoms with Crippen LogP contribution in [0, 0.1) is 11.8 Å². The highest BCUT2D eigenvalue weighted by Crippen LogP contribution is 2.44. The average molecular weight is 373 g/mol. The second-order valence-corrected chi connectivity index (χ2v) is 8.02. The Morgan fingerprint density at radius 2 is 2.19 bits per heavy atom. The number of methoxy groups -OCH3 is 1. The van der Waals surface area contributed by atoms with E-state index in [0.29, 0.717) is 31.0 Å². The third-order valence-corrected chi connectivity index (χ3v) is 6.34. The molecule has 2 unspecified atom stereocenters. The minimum atomic E-state index is -0.365. The lowest BCUT2D eigenvalue weighted by Crippen LogP contribution is -2.38. The molecule has 3 aliphatic heterocycles. The maximum Gasteiger partial charge on any atom is 0.337 e. The number of benzene rings is 1. The van der Waals surface area contributed by atoms with Crippen LogP contribution in [0.15, 0.2) is 18.2 Å². The lowest BCUT2D eigenvalue weighted by atomic mass is 9.80. The van der Waals surface area contributed by atoms with Crippen LogP contribution < -0.4 is 10.1 Å². The van der Waals surface area contributed by atoms with E-state index in [2.05, 4.69) is 12.2 Å². The number of ketones is 1. The predicted molar refractivity (Wildman–Crippen MR) is 99.0 cm³/mol. The number of hydrogen-bond acceptors (Lipinski definition) is 6. The molecule has 2 fully saturated rings. The molecule has 3 heterocycles. The van der Waals surface area contributed by atoms with Gasteiger partial charge in [-0.1, -0.05) is 13.0 Å². The zero-order valence-electron chi connectivity index (χ0n) is 16.0. The Hall–Kier alpha value is -1.92.